The molecule has 1 radical (unpaired) electrons. The van der Waals surface area contributed by atoms with E-state index in [4.69, 9.17) is 9.47 Å². The average Bonchev–Trinajstić information content (AvgIpc) is 2.55. The van der Waals surface area contributed by atoms with Gasteiger partial charge in [-0.1, -0.05) is 24.3 Å². The minimum absolute atomic E-state index is 0. The van der Waals surface area contributed by atoms with Crippen LogP contribution in [0.25, 0.3) is 5.76 Å². The minimum Gasteiger partial charge on any atom is -0.497 e. The van der Waals surface area contributed by atoms with Crippen molar-refractivity contribution in [2.45, 2.75) is 0 Å². The van der Waals surface area contributed by atoms with Crippen molar-refractivity contribution in [1.82, 2.24) is 0 Å². The van der Waals surface area contributed by atoms with Gasteiger partial charge in [-0.3, -0.25) is 0 Å². The molecule has 0 heterocycles. The van der Waals surface area contributed by atoms with Crippen LogP contribution in [-0.4, -0.2) is 14.2 Å². The fraction of sp³-hybridized carbons (Fsp3) is 0.182. The molecule has 2 rings (SSSR count). The Morgan fingerprint density at radius 1 is 1.00 bits per heavy atom. The molecule has 1 aromatic carbocycles. The van der Waals surface area contributed by atoms with Gasteiger partial charge in [0.2, 0.25) is 0 Å². The SMILES string of the molecule is COC1=C(OC)c2ccccc2[CH]1.[Ti]. The van der Waals surface area contributed by atoms with Crippen molar-refractivity contribution in [3.63, 3.8) is 0 Å². The number of rotatable bonds is 2. The molecule has 0 bridgehead atoms. The maximum absolute atomic E-state index is 5.26. The van der Waals surface area contributed by atoms with E-state index in [1.807, 2.05) is 30.7 Å². The normalized spacial score (nSPS) is 13.3. The Morgan fingerprint density at radius 3 is 2.36 bits per heavy atom. The molecule has 0 atom stereocenters. The topological polar surface area (TPSA) is 18.5 Å². The Labute approximate surface area is 98.8 Å². The summed E-state index contributed by atoms with van der Waals surface area (Å²) in [5.41, 5.74) is 2.25. The molecule has 3 heteroatoms. The van der Waals surface area contributed by atoms with E-state index < -0.39 is 0 Å². The number of fused-ring (bicyclic) bond motifs is 1. The van der Waals surface area contributed by atoms with Crippen molar-refractivity contribution in [2.24, 2.45) is 0 Å². The molecule has 71 valence electrons. The maximum Gasteiger partial charge on any atom is 0.164 e. The number of ether oxygens (including phenoxy) is 2. The molecule has 0 unspecified atom stereocenters. The Bertz CT molecular complexity index is 358. The molecular formula is C11H11O2Ti. The second-order valence-corrected chi connectivity index (χ2v) is 2.83. The Balaban J connectivity index is 0.000000980. The van der Waals surface area contributed by atoms with Gasteiger partial charge in [-0.05, 0) is 5.56 Å². The van der Waals surface area contributed by atoms with E-state index in [1.54, 1.807) is 14.2 Å². The van der Waals surface area contributed by atoms with Gasteiger partial charge < -0.3 is 9.47 Å². The number of methoxy groups -OCH3 is 2. The van der Waals surface area contributed by atoms with Crippen LogP contribution in [0.2, 0.25) is 0 Å². The fourth-order valence-corrected chi connectivity index (χ4v) is 1.53. The molecule has 14 heavy (non-hydrogen) atoms. The van der Waals surface area contributed by atoms with Gasteiger partial charge in [0.1, 0.15) is 5.76 Å². The van der Waals surface area contributed by atoms with Gasteiger partial charge in [-0.2, -0.15) is 0 Å². The van der Waals surface area contributed by atoms with Crippen LogP contribution in [0.1, 0.15) is 11.1 Å². The molecule has 1 aliphatic carbocycles. The number of benzene rings is 1. The molecule has 2 nitrogen and oxygen atoms in total. The summed E-state index contributed by atoms with van der Waals surface area (Å²) in [6.45, 7) is 0. The summed E-state index contributed by atoms with van der Waals surface area (Å²) < 4.78 is 10.5. The Kier molecular flexibility index (Phi) is 3.79. The quantitative estimate of drug-likeness (QED) is 0.715. The van der Waals surface area contributed by atoms with Gasteiger partial charge >= 0.3 is 0 Å². The van der Waals surface area contributed by atoms with E-state index in [0.29, 0.717) is 0 Å². The van der Waals surface area contributed by atoms with Gasteiger partial charge in [0.25, 0.3) is 0 Å². The Hall–Kier alpha value is -0.726. The fourth-order valence-electron chi connectivity index (χ4n) is 1.53. The van der Waals surface area contributed by atoms with Gasteiger partial charge in [-0.15, -0.1) is 0 Å². The number of hydrogen-bond acceptors (Lipinski definition) is 2. The second-order valence-electron chi connectivity index (χ2n) is 2.83. The molecule has 0 aliphatic heterocycles. The molecule has 0 N–H and O–H groups in total. The van der Waals surface area contributed by atoms with Crippen molar-refractivity contribution in [2.75, 3.05) is 14.2 Å². The van der Waals surface area contributed by atoms with Crippen LogP contribution in [-0.2, 0) is 31.2 Å². The van der Waals surface area contributed by atoms with Crippen LogP contribution in [0.15, 0.2) is 30.0 Å². The molecule has 0 fully saturated rings. The first-order valence-electron chi connectivity index (χ1n) is 4.13. The summed E-state index contributed by atoms with van der Waals surface area (Å²) in [6, 6.07) is 8.06. The first kappa shape index (κ1) is 11.3. The zero-order valence-corrected chi connectivity index (χ0v) is 9.76. The standard InChI is InChI=1S/C11H11O2.Ti/c1-12-10-7-8-5-3-4-6-9(8)11(10)13-2;/h3-7H,1-2H3;. The van der Waals surface area contributed by atoms with Crippen molar-refractivity contribution < 1.29 is 31.2 Å². The van der Waals surface area contributed by atoms with Gasteiger partial charge in [0.15, 0.2) is 5.76 Å². The molecule has 0 saturated heterocycles. The monoisotopic (exact) mass is 223 g/mol. The van der Waals surface area contributed by atoms with Crippen LogP contribution in [0.4, 0.5) is 0 Å². The third-order valence-corrected chi connectivity index (χ3v) is 2.14. The number of hydrogen-bond donors (Lipinski definition) is 0. The van der Waals surface area contributed by atoms with Crippen molar-refractivity contribution >= 4 is 5.76 Å². The zero-order valence-electron chi connectivity index (χ0n) is 8.20. The van der Waals surface area contributed by atoms with Gasteiger partial charge in [0.05, 0.1) is 20.6 Å². The van der Waals surface area contributed by atoms with Crippen LogP contribution in [0.3, 0.4) is 0 Å². The smallest absolute Gasteiger partial charge is 0.164 e. The predicted octanol–water partition coefficient (Wildman–Crippen LogP) is 2.21. The van der Waals surface area contributed by atoms with E-state index in [9.17, 15) is 0 Å². The van der Waals surface area contributed by atoms with Crippen LogP contribution >= 0.6 is 0 Å². The van der Waals surface area contributed by atoms with E-state index in [0.717, 1.165) is 22.6 Å². The Morgan fingerprint density at radius 2 is 1.71 bits per heavy atom. The molecule has 1 aliphatic rings. The molecule has 0 saturated carbocycles. The minimum atomic E-state index is 0. The zero-order chi connectivity index (χ0) is 9.26. The van der Waals surface area contributed by atoms with E-state index in [2.05, 4.69) is 0 Å². The van der Waals surface area contributed by atoms with Crippen LogP contribution < -0.4 is 0 Å². The summed E-state index contributed by atoms with van der Waals surface area (Å²) in [7, 11) is 3.31. The molecule has 0 amide bonds. The van der Waals surface area contributed by atoms with Crippen LogP contribution in [0.5, 0.6) is 0 Å². The molecule has 0 aromatic heterocycles. The van der Waals surface area contributed by atoms with Gasteiger partial charge in [-0.25, -0.2) is 0 Å². The summed E-state index contributed by atoms with van der Waals surface area (Å²) in [5.74, 6) is 1.61. The average molecular weight is 223 g/mol. The summed E-state index contributed by atoms with van der Waals surface area (Å²) in [6.07, 6.45) is 1.98. The van der Waals surface area contributed by atoms with E-state index in [1.165, 1.54) is 0 Å². The molecule has 0 spiro atoms. The first-order chi connectivity index (χ1) is 6.36. The summed E-state index contributed by atoms with van der Waals surface area (Å²) in [5, 5.41) is 0. The van der Waals surface area contributed by atoms with Gasteiger partial charge in [0, 0.05) is 27.3 Å². The van der Waals surface area contributed by atoms with Crippen molar-refractivity contribution in [3.05, 3.63) is 47.6 Å². The third kappa shape index (κ3) is 1.72. The maximum atomic E-state index is 5.26. The third-order valence-electron chi connectivity index (χ3n) is 2.14. The van der Waals surface area contributed by atoms with Crippen molar-refractivity contribution in [3.8, 4) is 0 Å². The van der Waals surface area contributed by atoms with Crippen molar-refractivity contribution in [1.29, 1.82) is 0 Å². The molecule has 1 aromatic rings. The molecular weight excluding hydrogens is 212 g/mol. The second kappa shape index (κ2) is 4.67. The summed E-state index contributed by atoms with van der Waals surface area (Å²) in [4.78, 5) is 0. The van der Waals surface area contributed by atoms with E-state index in [-0.39, 0.29) is 21.7 Å². The largest absolute Gasteiger partial charge is 0.497 e. The number of allylic oxidation sites excluding steroid dienone is 1. The van der Waals surface area contributed by atoms with E-state index >= 15 is 0 Å². The first-order valence-corrected chi connectivity index (χ1v) is 4.13. The predicted molar refractivity (Wildman–Crippen MR) is 50.8 cm³/mol. The van der Waals surface area contributed by atoms with Crippen LogP contribution in [0, 0.1) is 6.42 Å². The summed E-state index contributed by atoms with van der Waals surface area (Å²) >= 11 is 0.